The lowest BCUT2D eigenvalue weighted by Gasteiger charge is -2.15. The lowest BCUT2D eigenvalue weighted by Crippen LogP contribution is -2.41. The first-order chi connectivity index (χ1) is 15.4. The number of nitrogens with one attached hydrogen (secondary N) is 3. The van der Waals surface area contributed by atoms with Crippen molar-refractivity contribution < 1.29 is 23.5 Å². The number of carbonyl (C=O) groups is 2. The number of aromatic nitrogens is 1. The summed E-state index contributed by atoms with van der Waals surface area (Å²) in [6, 6.07) is 13.6. The Bertz CT molecular complexity index is 1120. The monoisotopic (exact) mass is 438 g/mol. The SMILES string of the molecule is COc1cc(C(=O)NNC(=O)c2cccnc2Nc2cccc(F)c2)ccc1OC(C)C. The fraction of sp³-hybridized carbons (Fsp3) is 0.174. The molecular formula is C23H23FN4O4. The van der Waals surface area contributed by atoms with Gasteiger partial charge >= 0.3 is 0 Å². The van der Waals surface area contributed by atoms with Crippen LogP contribution < -0.4 is 25.6 Å². The molecule has 0 bridgehead atoms. The van der Waals surface area contributed by atoms with Gasteiger partial charge in [0.2, 0.25) is 0 Å². The van der Waals surface area contributed by atoms with Gasteiger partial charge in [-0.05, 0) is 62.4 Å². The third-order valence-electron chi connectivity index (χ3n) is 4.22. The highest BCUT2D eigenvalue weighted by Gasteiger charge is 2.16. The van der Waals surface area contributed by atoms with Crippen LogP contribution in [0.1, 0.15) is 34.6 Å². The molecule has 166 valence electrons. The Morgan fingerprint density at radius 1 is 0.969 bits per heavy atom. The summed E-state index contributed by atoms with van der Waals surface area (Å²) in [5.74, 6) is -0.461. The number of anilines is 2. The number of pyridine rings is 1. The second-order valence-electron chi connectivity index (χ2n) is 6.98. The van der Waals surface area contributed by atoms with Crippen molar-refractivity contribution in [1.29, 1.82) is 0 Å². The Morgan fingerprint density at radius 3 is 2.47 bits per heavy atom. The Balaban J connectivity index is 1.69. The van der Waals surface area contributed by atoms with E-state index < -0.39 is 17.6 Å². The van der Waals surface area contributed by atoms with Gasteiger partial charge < -0.3 is 14.8 Å². The van der Waals surface area contributed by atoms with E-state index in [0.717, 1.165) is 0 Å². The van der Waals surface area contributed by atoms with E-state index in [0.29, 0.717) is 17.2 Å². The molecule has 0 atom stereocenters. The summed E-state index contributed by atoms with van der Waals surface area (Å²) in [4.78, 5) is 29.3. The van der Waals surface area contributed by atoms with Crippen molar-refractivity contribution in [1.82, 2.24) is 15.8 Å². The smallest absolute Gasteiger partial charge is 0.273 e. The molecule has 3 rings (SSSR count). The summed E-state index contributed by atoms with van der Waals surface area (Å²) >= 11 is 0. The zero-order valence-corrected chi connectivity index (χ0v) is 17.8. The molecule has 0 spiro atoms. The number of ether oxygens (including phenoxy) is 2. The molecule has 3 N–H and O–H groups in total. The minimum Gasteiger partial charge on any atom is -0.493 e. The minimum atomic E-state index is -0.600. The standard InChI is InChI=1S/C23H23FN4O4/c1-14(2)32-19-10-9-15(12-20(19)31-3)22(29)27-28-23(30)18-8-5-11-25-21(18)26-17-7-4-6-16(24)13-17/h4-14H,1-3H3,(H,25,26)(H,27,29)(H,28,30). The average Bonchev–Trinajstić information content (AvgIpc) is 2.77. The number of amides is 2. The number of hydrogen-bond donors (Lipinski definition) is 3. The Kier molecular flexibility index (Phi) is 7.22. The molecule has 2 aromatic carbocycles. The predicted octanol–water partition coefficient (Wildman–Crippen LogP) is 3.83. The van der Waals surface area contributed by atoms with Crippen LogP contribution in [0.2, 0.25) is 0 Å². The summed E-state index contributed by atoms with van der Waals surface area (Å²) in [7, 11) is 1.47. The van der Waals surface area contributed by atoms with E-state index in [9.17, 15) is 14.0 Å². The first-order valence-electron chi connectivity index (χ1n) is 9.80. The summed E-state index contributed by atoms with van der Waals surface area (Å²) in [6.07, 6.45) is 1.43. The molecule has 0 unspecified atom stereocenters. The molecule has 9 heteroatoms. The zero-order chi connectivity index (χ0) is 23.1. The van der Waals surface area contributed by atoms with E-state index >= 15 is 0 Å². The van der Waals surface area contributed by atoms with E-state index in [1.54, 1.807) is 24.3 Å². The van der Waals surface area contributed by atoms with Gasteiger partial charge in [0.1, 0.15) is 11.6 Å². The lowest BCUT2D eigenvalue weighted by atomic mass is 10.2. The molecule has 2 amide bonds. The van der Waals surface area contributed by atoms with Crippen molar-refractivity contribution in [2.45, 2.75) is 20.0 Å². The topological polar surface area (TPSA) is 102 Å². The van der Waals surface area contributed by atoms with Crippen molar-refractivity contribution in [2.24, 2.45) is 0 Å². The Hall–Kier alpha value is -4.14. The van der Waals surface area contributed by atoms with E-state index in [1.165, 1.54) is 43.6 Å². The van der Waals surface area contributed by atoms with Crippen LogP contribution in [0.15, 0.2) is 60.8 Å². The third-order valence-corrected chi connectivity index (χ3v) is 4.22. The van der Waals surface area contributed by atoms with Crippen LogP contribution in [0.4, 0.5) is 15.9 Å². The van der Waals surface area contributed by atoms with Gasteiger partial charge in [-0.2, -0.15) is 0 Å². The van der Waals surface area contributed by atoms with E-state index in [2.05, 4.69) is 21.2 Å². The summed E-state index contributed by atoms with van der Waals surface area (Å²) < 4.78 is 24.3. The molecule has 8 nitrogen and oxygen atoms in total. The number of nitrogens with zero attached hydrogens (tertiary/aromatic N) is 1. The van der Waals surface area contributed by atoms with E-state index in [-0.39, 0.29) is 23.0 Å². The highest BCUT2D eigenvalue weighted by molar-refractivity contribution is 6.02. The van der Waals surface area contributed by atoms with Crippen molar-refractivity contribution in [2.75, 3.05) is 12.4 Å². The normalized spacial score (nSPS) is 10.4. The van der Waals surface area contributed by atoms with Crippen molar-refractivity contribution in [3.05, 3.63) is 77.7 Å². The fourth-order valence-electron chi connectivity index (χ4n) is 2.80. The molecule has 32 heavy (non-hydrogen) atoms. The molecule has 0 fully saturated rings. The molecular weight excluding hydrogens is 415 g/mol. The van der Waals surface area contributed by atoms with Gasteiger partial charge in [-0.25, -0.2) is 9.37 Å². The second kappa shape index (κ2) is 10.3. The van der Waals surface area contributed by atoms with Crippen molar-refractivity contribution in [3.63, 3.8) is 0 Å². The minimum absolute atomic E-state index is 0.0578. The fourth-order valence-corrected chi connectivity index (χ4v) is 2.80. The van der Waals surface area contributed by atoms with Crippen molar-refractivity contribution in [3.8, 4) is 11.5 Å². The summed E-state index contributed by atoms with van der Waals surface area (Å²) in [5.41, 5.74) is 5.57. The van der Waals surface area contributed by atoms with Gasteiger partial charge in [0.05, 0.1) is 18.8 Å². The molecule has 0 aliphatic rings. The maximum absolute atomic E-state index is 13.4. The average molecular weight is 438 g/mol. The Morgan fingerprint density at radius 2 is 1.75 bits per heavy atom. The van der Waals surface area contributed by atoms with Gasteiger partial charge in [-0.1, -0.05) is 6.07 Å². The van der Waals surface area contributed by atoms with Crippen LogP contribution in [0.5, 0.6) is 11.5 Å². The highest BCUT2D eigenvalue weighted by Crippen LogP contribution is 2.29. The first kappa shape index (κ1) is 22.5. The highest BCUT2D eigenvalue weighted by atomic mass is 19.1. The molecule has 1 heterocycles. The van der Waals surface area contributed by atoms with Crippen LogP contribution in [-0.2, 0) is 0 Å². The maximum atomic E-state index is 13.4. The van der Waals surface area contributed by atoms with Crippen LogP contribution in [0.3, 0.4) is 0 Å². The number of hydrazine groups is 1. The van der Waals surface area contributed by atoms with Gasteiger partial charge in [0.15, 0.2) is 11.5 Å². The zero-order valence-electron chi connectivity index (χ0n) is 17.8. The van der Waals surface area contributed by atoms with Gasteiger partial charge in [0, 0.05) is 17.4 Å². The molecule has 0 aliphatic heterocycles. The van der Waals surface area contributed by atoms with Crippen molar-refractivity contribution >= 4 is 23.3 Å². The van der Waals surface area contributed by atoms with E-state index in [1.807, 2.05) is 13.8 Å². The Labute approximate surface area is 184 Å². The molecule has 0 saturated heterocycles. The second-order valence-corrected chi connectivity index (χ2v) is 6.98. The van der Waals surface area contributed by atoms with Crippen LogP contribution in [0.25, 0.3) is 0 Å². The van der Waals surface area contributed by atoms with Gasteiger partial charge in [0.25, 0.3) is 11.8 Å². The lowest BCUT2D eigenvalue weighted by molar-refractivity contribution is 0.0846. The third kappa shape index (κ3) is 5.72. The van der Waals surface area contributed by atoms with Gasteiger partial charge in [-0.15, -0.1) is 0 Å². The summed E-state index contributed by atoms with van der Waals surface area (Å²) in [5, 5.41) is 2.90. The first-order valence-corrected chi connectivity index (χ1v) is 9.80. The van der Waals surface area contributed by atoms with Crippen LogP contribution in [-0.4, -0.2) is 30.0 Å². The number of methoxy groups -OCH3 is 1. The number of carbonyl (C=O) groups excluding carboxylic acids is 2. The quantitative estimate of drug-likeness (QED) is 0.485. The molecule has 1 aromatic heterocycles. The summed E-state index contributed by atoms with van der Waals surface area (Å²) in [6.45, 7) is 3.76. The van der Waals surface area contributed by atoms with E-state index in [4.69, 9.17) is 9.47 Å². The maximum Gasteiger partial charge on any atom is 0.273 e. The predicted molar refractivity (Wildman–Crippen MR) is 118 cm³/mol. The van der Waals surface area contributed by atoms with Crippen LogP contribution >= 0.6 is 0 Å². The molecule has 0 aliphatic carbocycles. The molecule has 0 radical (unpaired) electrons. The number of rotatable bonds is 7. The molecule has 3 aromatic rings. The molecule has 0 saturated carbocycles. The number of hydrogen-bond acceptors (Lipinski definition) is 6. The largest absolute Gasteiger partial charge is 0.493 e. The number of benzene rings is 2. The van der Waals surface area contributed by atoms with Crippen LogP contribution in [0, 0.1) is 5.82 Å². The van der Waals surface area contributed by atoms with Gasteiger partial charge in [-0.3, -0.25) is 20.4 Å². The number of halogens is 1.